The third-order valence-corrected chi connectivity index (χ3v) is 4.96. The van der Waals surface area contributed by atoms with Gasteiger partial charge in [-0.3, -0.25) is 9.78 Å². The molecule has 0 fully saturated rings. The second-order valence-electron chi connectivity index (χ2n) is 6.62. The molecule has 2 aromatic heterocycles. The number of para-hydroxylation sites is 1. The average molecular weight is 346 g/mol. The summed E-state index contributed by atoms with van der Waals surface area (Å²) in [4.78, 5) is 16.1. The Morgan fingerprint density at radius 2 is 1.96 bits per heavy atom. The molecule has 0 bridgehead atoms. The lowest BCUT2D eigenvalue weighted by Crippen LogP contribution is -2.20. The Morgan fingerprint density at radius 1 is 1.15 bits per heavy atom. The molecule has 1 aliphatic carbocycles. The number of hydrazone groups is 1. The molecule has 0 radical (unpaired) electrons. The molecule has 1 amide bonds. The van der Waals surface area contributed by atoms with Crippen molar-refractivity contribution in [2.24, 2.45) is 5.10 Å². The number of nitrogens with zero attached hydrogens (tertiary/aromatic N) is 3. The smallest absolute Gasteiger partial charge is 0.241 e. The lowest BCUT2D eigenvalue weighted by Gasteiger charge is -2.15. The third kappa shape index (κ3) is 3.38. The highest BCUT2D eigenvalue weighted by molar-refractivity contribution is 5.86. The third-order valence-electron chi connectivity index (χ3n) is 4.96. The van der Waals surface area contributed by atoms with E-state index in [4.69, 9.17) is 0 Å². The van der Waals surface area contributed by atoms with Gasteiger partial charge in [-0.15, -0.1) is 0 Å². The maximum absolute atomic E-state index is 12.2. The van der Waals surface area contributed by atoms with Crippen LogP contribution in [-0.4, -0.2) is 21.7 Å². The summed E-state index contributed by atoms with van der Waals surface area (Å²) < 4.78 is 2.33. The lowest BCUT2D eigenvalue weighted by atomic mass is 9.95. The van der Waals surface area contributed by atoms with Gasteiger partial charge in [0.05, 0.1) is 6.21 Å². The number of benzene rings is 1. The van der Waals surface area contributed by atoms with Crippen molar-refractivity contribution >= 4 is 23.0 Å². The van der Waals surface area contributed by atoms with E-state index in [9.17, 15) is 4.79 Å². The standard InChI is InChI=1S/C21H22N4O/c26-21(24-23-15-16-9-12-22-13-10-16)11-14-25-19-7-3-1-5-17(19)18-6-2-4-8-20(18)25/h1,3,5,7,9-10,12-13,15H,2,4,6,8,11,14H2,(H,24,26)/b23-15-. The van der Waals surface area contributed by atoms with Crippen LogP contribution in [0, 0.1) is 0 Å². The van der Waals surface area contributed by atoms with E-state index in [1.807, 2.05) is 12.1 Å². The molecule has 0 saturated heterocycles. The van der Waals surface area contributed by atoms with Crippen LogP contribution in [0.3, 0.4) is 0 Å². The van der Waals surface area contributed by atoms with Crippen LogP contribution in [0.1, 0.15) is 36.1 Å². The zero-order valence-corrected chi connectivity index (χ0v) is 14.7. The maximum Gasteiger partial charge on any atom is 0.241 e. The number of aromatic nitrogens is 2. The number of nitrogens with one attached hydrogen (secondary N) is 1. The van der Waals surface area contributed by atoms with E-state index >= 15 is 0 Å². The van der Waals surface area contributed by atoms with Crippen LogP contribution >= 0.6 is 0 Å². The van der Waals surface area contributed by atoms with Crippen LogP contribution in [-0.2, 0) is 24.2 Å². The molecular weight excluding hydrogens is 324 g/mol. The molecule has 5 nitrogen and oxygen atoms in total. The zero-order valence-electron chi connectivity index (χ0n) is 14.7. The summed E-state index contributed by atoms with van der Waals surface area (Å²) in [5.41, 5.74) is 7.65. The van der Waals surface area contributed by atoms with E-state index in [1.165, 1.54) is 35.0 Å². The molecule has 0 atom stereocenters. The van der Waals surface area contributed by atoms with E-state index < -0.39 is 0 Å². The minimum Gasteiger partial charge on any atom is -0.344 e. The molecule has 0 spiro atoms. The first-order chi connectivity index (χ1) is 12.8. The Hall–Kier alpha value is -2.95. The van der Waals surface area contributed by atoms with Gasteiger partial charge < -0.3 is 4.57 Å². The Bertz CT molecular complexity index is 943. The van der Waals surface area contributed by atoms with Crippen LogP contribution in [0.5, 0.6) is 0 Å². The maximum atomic E-state index is 12.2. The van der Waals surface area contributed by atoms with Gasteiger partial charge in [-0.1, -0.05) is 18.2 Å². The molecule has 132 valence electrons. The van der Waals surface area contributed by atoms with Gasteiger partial charge in [0.25, 0.3) is 0 Å². The van der Waals surface area contributed by atoms with Gasteiger partial charge in [-0.05, 0) is 55.0 Å². The average Bonchev–Trinajstić information content (AvgIpc) is 3.01. The second kappa shape index (κ2) is 7.52. The molecular formula is C21H22N4O. The van der Waals surface area contributed by atoms with Crippen LogP contribution < -0.4 is 5.43 Å². The topological polar surface area (TPSA) is 59.3 Å². The Balaban J connectivity index is 1.45. The minimum absolute atomic E-state index is 0.0716. The van der Waals surface area contributed by atoms with Crippen LogP contribution in [0.2, 0.25) is 0 Å². The number of rotatable bonds is 5. The fourth-order valence-electron chi connectivity index (χ4n) is 3.74. The van der Waals surface area contributed by atoms with Crippen LogP contribution in [0.15, 0.2) is 53.9 Å². The second-order valence-corrected chi connectivity index (χ2v) is 6.62. The largest absolute Gasteiger partial charge is 0.344 e. The summed E-state index contributed by atoms with van der Waals surface area (Å²) in [5, 5.41) is 5.38. The number of aryl methyl sites for hydroxylation is 2. The van der Waals surface area contributed by atoms with Crippen molar-refractivity contribution in [2.75, 3.05) is 0 Å². The summed E-state index contributed by atoms with van der Waals surface area (Å²) in [6.45, 7) is 0.687. The fourth-order valence-corrected chi connectivity index (χ4v) is 3.74. The van der Waals surface area contributed by atoms with Crippen molar-refractivity contribution in [3.05, 3.63) is 65.6 Å². The monoisotopic (exact) mass is 346 g/mol. The highest BCUT2D eigenvalue weighted by Crippen LogP contribution is 2.32. The van der Waals surface area contributed by atoms with Crippen molar-refractivity contribution in [1.82, 2.24) is 15.0 Å². The molecule has 0 aliphatic heterocycles. The minimum atomic E-state index is -0.0716. The number of fused-ring (bicyclic) bond motifs is 3. The molecule has 2 heterocycles. The van der Waals surface area contributed by atoms with Crippen LogP contribution in [0.25, 0.3) is 10.9 Å². The SMILES string of the molecule is O=C(CCn1c2c(c3ccccc31)CCCC2)N/N=C\c1ccncc1. The van der Waals surface area contributed by atoms with Crippen LogP contribution in [0.4, 0.5) is 0 Å². The Labute approximate surface area is 152 Å². The summed E-state index contributed by atoms with van der Waals surface area (Å²) in [6.07, 6.45) is 10.2. The molecule has 4 rings (SSSR count). The van der Waals surface area contributed by atoms with Crippen molar-refractivity contribution < 1.29 is 4.79 Å². The number of pyridine rings is 1. The number of amides is 1. The normalized spacial score (nSPS) is 13.8. The Kier molecular flexibility index (Phi) is 4.78. The predicted molar refractivity (Wildman–Crippen MR) is 103 cm³/mol. The van der Waals surface area contributed by atoms with E-state index in [0.717, 1.165) is 18.4 Å². The molecule has 1 aliphatic rings. The Morgan fingerprint density at radius 3 is 2.85 bits per heavy atom. The number of hydrogen-bond acceptors (Lipinski definition) is 3. The van der Waals surface area contributed by atoms with Gasteiger partial charge in [0.15, 0.2) is 0 Å². The quantitative estimate of drug-likeness (QED) is 0.568. The molecule has 0 unspecified atom stereocenters. The first-order valence-electron chi connectivity index (χ1n) is 9.14. The van der Waals surface area contributed by atoms with Gasteiger partial charge in [0.2, 0.25) is 5.91 Å². The van der Waals surface area contributed by atoms with Gasteiger partial charge in [-0.2, -0.15) is 5.10 Å². The van der Waals surface area contributed by atoms with Gasteiger partial charge in [0.1, 0.15) is 0 Å². The van der Waals surface area contributed by atoms with E-state index in [-0.39, 0.29) is 5.91 Å². The summed E-state index contributed by atoms with van der Waals surface area (Å²) in [7, 11) is 0. The van der Waals surface area contributed by atoms with Crippen molar-refractivity contribution in [3.63, 3.8) is 0 Å². The van der Waals surface area contributed by atoms with Crippen molar-refractivity contribution in [3.8, 4) is 0 Å². The van der Waals surface area contributed by atoms with Crippen molar-refractivity contribution in [1.29, 1.82) is 0 Å². The van der Waals surface area contributed by atoms with E-state index in [0.29, 0.717) is 13.0 Å². The first kappa shape index (κ1) is 16.5. The molecule has 0 saturated carbocycles. The summed E-state index contributed by atoms with van der Waals surface area (Å²) in [5.74, 6) is -0.0716. The van der Waals surface area contributed by atoms with E-state index in [2.05, 4.69) is 44.3 Å². The van der Waals surface area contributed by atoms with E-state index in [1.54, 1.807) is 18.6 Å². The summed E-state index contributed by atoms with van der Waals surface area (Å²) >= 11 is 0. The van der Waals surface area contributed by atoms with Gasteiger partial charge >= 0.3 is 0 Å². The number of carbonyl (C=O) groups is 1. The number of carbonyl (C=O) groups excluding carboxylic acids is 1. The molecule has 26 heavy (non-hydrogen) atoms. The lowest BCUT2D eigenvalue weighted by molar-refractivity contribution is -0.121. The van der Waals surface area contributed by atoms with Crippen molar-refractivity contribution in [2.45, 2.75) is 38.6 Å². The molecule has 1 N–H and O–H groups in total. The zero-order chi connectivity index (χ0) is 17.8. The highest BCUT2D eigenvalue weighted by Gasteiger charge is 2.19. The van der Waals surface area contributed by atoms with Gasteiger partial charge in [0, 0.05) is 42.0 Å². The molecule has 5 heteroatoms. The molecule has 3 aromatic rings. The predicted octanol–water partition coefficient (Wildman–Crippen LogP) is 3.46. The first-order valence-corrected chi connectivity index (χ1v) is 9.14. The fraction of sp³-hybridized carbons (Fsp3) is 0.286. The summed E-state index contributed by atoms with van der Waals surface area (Å²) in [6, 6.07) is 12.2. The number of hydrogen-bond donors (Lipinski definition) is 1. The van der Waals surface area contributed by atoms with Gasteiger partial charge in [-0.25, -0.2) is 5.43 Å². The highest BCUT2D eigenvalue weighted by atomic mass is 16.2. The molecule has 1 aromatic carbocycles.